The van der Waals surface area contributed by atoms with Gasteiger partial charge >= 0.3 is 0 Å². The number of carbonyl (C=O) groups excluding carboxylic acids is 1. The molecule has 4 rings (SSSR count). The quantitative estimate of drug-likeness (QED) is 0.540. The second-order valence-corrected chi connectivity index (χ2v) is 9.36. The average molecular weight is 423 g/mol. The van der Waals surface area contributed by atoms with Crippen molar-refractivity contribution in [3.63, 3.8) is 0 Å². The third-order valence-electron chi connectivity index (χ3n) is 5.92. The molecule has 30 heavy (non-hydrogen) atoms. The van der Waals surface area contributed by atoms with E-state index in [0.717, 1.165) is 50.2 Å². The fraction of sp³-hybridized carbons (Fsp3) is 0.458. The molecule has 0 bridgehead atoms. The van der Waals surface area contributed by atoms with E-state index in [4.69, 9.17) is 4.98 Å². The van der Waals surface area contributed by atoms with Crippen LogP contribution in [0.1, 0.15) is 36.4 Å². The molecule has 3 heterocycles. The first-order chi connectivity index (χ1) is 14.7. The summed E-state index contributed by atoms with van der Waals surface area (Å²) in [7, 11) is 1.91. The zero-order valence-electron chi connectivity index (χ0n) is 17.7. The molecule has 1 fully saturated rings. The molecule has 0 unspecified atom stereocenters. The van der Waals surface area contributed by atoms with Crippen LogP contribution in [0.4, 0.5) is 0 Å². The summed E-state index contributed by atoms with van der Waals surface area (Å²) in [5.74, 6) is 0.843. The number of rotatable bonds is 8. The molecule has 6 heteroatoms. The number of para-hydroxylation sites is 1. The second-order valence-electron chi connectivity index (χ2n) is 8.24. The summed E-state index contributed by atoms with van der Waals surface area (Å²) < 4.78 is 1.26. The van der Waals surface area contributed by atoms with E-state index in [2.05, 4.69) is 28.1 Å². The van der Waals surface area contributed by atoms with Gasteiger partial charge in [0, 0.05) is 44.9 Å². The van der Waals surface area contributed by atoms with E-state index in [0.29, 0.717) is 12.3 Å². The fourth-order valence-corrected chi connectivity index (χ4v) is 5.19. The Morgan fingerprint density at radius 3 is 2.93 bits per heavy atom. The van der Waals surface area contributed by atoms with Crippen molar-refractivity contribution in [1.29, 1.82) is 0 Å². The lowest BCUT2D eigenvalue weighted by atomic mass is 9.93. The molecule has 0 saturated carbocycles. The summed E-state index contributed by atoms with van der Waals surface area (Å²) >= 11 is 1.80. The maximum absolute atomic E-state index is 12.6. The maximum atomic E-state index is 12.6. The van der Waals surface area contributed by atoms with Crippen LogP contribution in [0.2, 0.25) is 0 Å². The van der Waals surface area contributed by atoms with Gasteiger partial charge in [-0.3, -0.25) is 14.7 Å². The first kappa shape index (κ1) is 20.9. The van der Waals surface area contributed by atoms with E-state index in [1.54, 1.807) is 17.5 Å². The third-order valence-corrected chi connectivity index (χ3v) is 6.94. The summed E-state index contributed by atoms with van der Waals surface area (Å²) in [6, 6.07) is 14.3. The van der Waals surface area contributed by atoms with Crippen LogP contribution in [0.25, 0.3) is 10.2 Å². The Balaban J connectivity index is 1.22. The standard InChI is InChI=1S/C24H30N4OS/c1-27(16-13-20-8-4-5-14-25-20)24(29)12-11-19-7-6-15-28(17-19)18-23-26-21-9-2-3-10-22(21)30-23/h2-5,8-10,14,19H,6-7,11-13,15-18H2,1H3/t19-/m1/s1. The first-order valence-electron chi connectivity index (χ1n) is 10.9. The molecule has 158 valence electrons. The molecule has 1 aliphatic rings. The Bertz CT molecular complexity index is 925. The van der Waals surface area contributed by atoms with Crippen LogP contribution in [0.5, 0.6) is 0 Å². The van der Waals surface area contributed by atoms with Gasteiger partial charge in [-0.25, -0.2) is 4.98 Å². The highest BCUT2D eigenvalue weighted by molar-refractivity contribution is 7.18. The number of hydrogen-bond donors (Lipinski definition) is 0. The summed E-state index contributed by atoms with van der Waals surface area (Å²) in [5, 5.41) is 1.20. The molecule has 1 amide bonds. The van der Waals surface area contributed by atoms with Gasteiger partial charge in [-0.15, -0.1) is 11.3 Å². The van der Waals surface area contributed by atoms with Gasteiger partial charge in [0.2, 0.25) is 5.91 Å². The molecular weight excluding hydrogens is 392 g/mol. The van der Waals surface area contributed by atoms with Crippen molar-refractivity contribution in [1.82, 2.24) is 19.8 Å². The highest BCUT2D eigenvalue weighted by Crippen LogP contribution is 2.26. The lowest BCUT2D eigenvalue weighted by Gasteiger charge is -2.32. The number of likely N-dealkylation sites (N-methyl/N-ethyl adjacent to an activating group) is 1. The van der Waals surface area contributed by atoms with E-state index >= 15 is 0 Å². The van der Waals surface area contributed by atoms with Crippen molar-refractivity contribution in [2.45, 2.75) is 38.6 Å². The summed E-state index contributed by atoms with van der Waals surface area (Å²) in [6.45, 7) is 3.85. The molecule has 1 aliphatic heterocycles. The van der Waals surface area contributed by atoms with Crippen LogP contribution in [0.3, 0.4) is 0 Å². The number of pyridine rings is 1. The van der Waals surface area contributed by atoms with Crippen LogP contribution >= 0.6 is 11.3 Å². The van der Waals surface area contributed by atoms with Crippen LogP contribution < -0.4 is 0 Å². The molecule has 0 radical (unpaired) electrons. The van der Waals surface area contributed by atoms with E-state index in [1.807, 2.05) is 36.2 Å². The number of benzene rings is 1. The van der Waals surface area contributed by atoms with Gasteiger partial charge in [0.1, 0.15) is 5.01 Å². The van der Waals surface area contributed by atoms with Crippen molar-refractivity contribution < 1.29 is 4.79 Å². The molecule has 1 aromatic carbocycles. The normalized spacial score (nSPS) is 17.3. The number of carbonyl (C=O) groups is 1. The molecule has 3 aromatic rings. The highest BCUT2D eigenvalue weighted by atomic mass is 32.1. The van der Waals surface area contributed by atoms with Gasteiger partial charge in [0.15, 0.2) is 0 Å². The number of likely N-dealkylation sites (tertiary alicyclic amines) is 1. The average Bonchev–Trinajstić information content (AvgIpc) is 3.19. The maximum Gasteiger partial charge on any atom is 0.222 e. The minimum atomic E-state index is 0.245. The number of nitrogens with zero attached hydrogens (tertiary/aromatic N) is 4. The Morgan fingerprint density at radius 1 is 1.23 bits per heavy atom. The Labute approximate surface area is 182 Å². The lowest BCUT2D eigenvalue weighted by Crippen LogP contribution is -2.36. The third kappa shape index (κ3) is 5.64. The van der Waals surface area contributed by atoms with Gasteiger partial charge in [-0.2, -0.15) is 0 Å². The predicted molar refractivity (Wildman–Crippen MR) is 122 cm³/mol. The summed E-state index contributed by atoms with van der Waals surface area (Å²) in [5.41, 5.74) is 2.14. The molecule has 1 atom stereocenters. The van der Waals surface area contributed by atoms with Gasteiger partial charge in [-0.1, -0.05) is 18.2 Å². The minimum Gasteiger partial charge on any atom is -0.345 e. The Hall–Kier alpha value is -2.31. The largest absolute Gasteiger partial charge is 0.345 e. The fourth-order valence-electron chi connectivity index (χ4n) is 4.18. The topological polar surface area (TPSA) is 49.3 Å². The lowest BCUT2D eigenvalue weighted by molar-refractivity contribution is -0.130. The molecular formula is C24H30N4OS. The van der Waals surface area contributed by atoms with Crippen LogP contribution in [0, 0.1) is 5.92 Å². The van der Waals surface area contributed by atoms with Gasteiger partial charge < -0.3 is 4.90 Å². The minimum absolute atomic E-state index is 0.245. The van der Waals surface area contributed by atoms with Gasteiger partial charge in [-0.05, 0) is 56.0 Å². The SMILES string of the molecule is CN(CCc1ccccn1)C(=O)CC[C@H]1CCCN(Cc2nc3ccccc3s2)C1. The number of fused-ring (bicyclic) bond motifs is 1. The second kappa shape index (κ2) is 10.1. The van der Waals surface area contributed by atoms with E-state index < -0.39 is 0 Å². The number of thiazole rings is 1. The molecule has 0 N–H and O–H groups in total. The molecule has 0 aliphatic carbocycles. The van der Waals surface area contributed by atoms with Gasteiger partial charge in [0.25, 0.3) is 0 Å². The van der Waals surface area contributed by atoms with Gasteiger partial charge in [0.05, 0.1) is 16.8 Å². The van der Waals surface area contributed by atoms with Crippen molar-refractivity contribution in [3.8, 4) is 0 Å². The number of hydrogen-bond acceptors (Lipinski definition) is 5. The highest BCUT2D eigenvalue weighted by Gasteiger charge is 2.22. The number of piperidine rings is 1. The van der Waals surface area contributed by atoms with Crippen LogP contribution in [0.15, 0.2) is 48.7 Å². The zero-order valence-corrected chi connectivity index (χ0v) is 18.5. The smallest absolute Gasteiger partial charge is 0.222 e. The predicted octanol–water partition coefficient (Wildman–Crippen LogP) is 4.38. The zero-order chi connectivity index (χ0) is 20.8. The monoisotopic (exact) mass is 422 g/mol. The molecule has 5 nitrogen and oxygen atoms in total. The van der Waals surface area contributed by atoms with Crippen molar-refractivity contribution >= 4 is 27.5 Å². The van der Waals surface area contributed by atoms with Crippen LogP contribution in [-0.4, -0.2) is 52.4 Å². The van der Waals surface area contributed by atoms with Crippen molar-refractivity contribution in [2.75, 3.05) is 26.7 Å². The molecule has 2 aromatic heterocycles. The van der Waals surface area contributed by atoms with Crippen molar-refractivity contribution in [2.24, 2.45) is 5.92 Å². The summed E-state index contributed by atoms with van der Waals surface area (Å²) in [6.07, 6.45) is 6.66. The Kier molecular flexibility index (Phi) is 7.07. The number of amides is 1. The number of aromatic nitrogens is 2. The van der Waals surface area contributed by atoms with Crippen LogP contribution in [-0.2, 0) is 17.8 Å². The first-order valence-corrected chi connectivity index (χ1v) is 11.7. The molecule has 1 saturated heterocycles. The Morgan fingerprint density at radius 2 is 2.10 bits per heavy atom. The molecule has 0 spiro atoms. The van der Waals surface area contributed by atoms with E-state index in [1.165, 1.54) is 22.5 Å². The summed E-state index contributed by atoms with van der Waals surface area (Å²) in [4.78, 5) is 26.1. The van der Waals surface area contributed by atoms with E-state index in [9.17, 15) is 4.79 Å². The van der Waals surface area contributed by atoms with E-state index in [-0.39, 0.29) is 5.91 Å². The van der Waals surface area contributed by atoms with Crippen molar-refractivity contribution in [3.05, 3.63) is 59.4 Å².